The molecule has 2 aliphatic rings. The van der Waals surface area contributed by atoms with Crippen LogP contribution in [0.25, 0.3) is 22.0 Å². The second-order valence-corrected chi connectivity index (χ2v) is 12.9. The van der Waals surface area contributed by atoms with Gasteiger partial charge in [0.25, 0.3) is 10.0 Å². The zero-order valence-corrected chi connectivity index (χ0v) is 26.2. The van der Waals surface area contributed by atoms with Gasteiger partial charge in [0.05, 0.1) is 29.4 Å². The van der Waals surface area contributed by atoms with Crippen molar-refractivity contribution in [2.75, 3.05) is 43.9 Å². The Labute approximate surface area is 262 Å². The summed E-state index contributed by atoms with van der Waals surface area (Å²) in [7, 11) is 1.66. The lowest BCUT2D eigenvalue weighted by atomic mass is 9.64. The number of amides is 1. The summed E-state index contributed by atoms with van der Waals surface area (Å²) in [6, 6.07) is 12.1. The van der Waals surface area contributed by atoms with Gasteiger partial charge in [0.1, 0.15) is 22.3 Å². The molecule has 1 amide bonds. The van der Waals surface area contributed by atoms with Crippen LogP contribution in [0.5, 0.6) is 5.88 Å². The van der Waals surface area contributed by atoms with E-state index in [4.69, 9.17) is 10.00 Å². The van der Waals surface area contributed by atoms with E-state index in [9.17, 15) is 13.2 Å². The van der Waals surface area contributed by atoms with E-state index in [0.717, 1.165) is 66.1 Å². The maximum Gasteiger partial charge on any atom is 0.263 e. The smallest absolute Gasteiger partial charge is 0.263 e. The van der Waals surface area contributed by atoms with Crippen LogP contribution >= 0.6 is 12.4 Å². The average Bonchev–Trinajstić information content (AvgIpc) is 3.22. The molecule has 13 heteroatoms. The molecule has 44 heavy (non-hydrogen) atoms. The van der Waals surface area contributed by atoms with E-state index in [1.165, 1.54) is 12.1 Å². The van der Waals surface area contributed by atoms with E-state index < -0.39 is 15.4 Å². The molecule has 3 aromatic heterocycles. The third-order valence-electron chi connectivity index (χ3n) is 8.19. The van der Waals surface area contributed by atoms with E-state index in [2.05, 4.69) is 19.7 Å². The predicted molar refractivity (Wildman–Crippen MR) is 170 cm³/mol. The lowest BCUT2D eigenvalue weighted by Gasteiger charge is -2.37. The highest BCUT2D eigenvalue weighted by molar-refractivity contribution is 7.92. The first-order valence-corrected chi connectivity index (χ1v) is 15.5. The number of carbonyl (C=O) groups excluding carboxylic acids is 1. The van der Waals surface area contributed by atoms with Crippen LogP contribution in [0.15, 0.2) is 59.9 Å². The molecule has 1 aliphatic heterocycles. The van der Waals surface area contributed by atoms with Gasteiger partial charge in [-0.3, -0.25) is 14.5 Å². The van der Waals surface area contributed by atoms with Crippen molar-refractivity contribution >= 4 is 50.6 Å². The molecular weight excluding hydrogens is 602 g/mol. The maximum absolute atomic E-state index is 13.3. The van der Waals surface area contributed by atoms with Gasteiger partial charge in [-0.15, -0.1) is 12.4 Å². The second-order valence-electron chi connectivity index (χ2n) is 11.2. The maximum atomic E-state index is 13.3. The van der Waals surface area contributed by atoms with Crippen LogP contribution in [-0.2, 0) is 20.2 Å². The summed E-state index contributed by atoms with van der Waals surface area (Å²) >= 11 is 0. The third-order valence-corrected chi connectivity index (χ3v) is 9.54. The molecule has 11 nitrogen and oxygen atoms in total. The topological polar surface area (TPSA) is 141 Å². The van der Waals surface area contributed by atoms with Crippen molar-refractivity contribution < 1.29 is 17.9 Å². The van der Waals surface area contributed by atoms with Crippen molar-refractivity contribution in [2.45, 2.75) is 36.0 Å². The number of nitriles is 1. The molecule has 1 aliphatic carbocycles. The number of halogens is 1. The number of benzene rings is 1. The molecule has 0 radical (unpaired) electrons. The molecule has 1 aromatic carbocycles. The van der Waals surface area contributed by atoms with Gasteiger partial charge in [-0.05, 0) is 69.3 Å². The van der Waals surface area contributed by atoms with Gasteiger partial charge >= 0.3 is 0 Å². The minimum Gasteiger partial charge on any atom is -0.476 e. The molecule has 1 N–H and O–H groups in total. The lowest BCUT2D eigenvalue weighted by Crippen LogP contribution is -2.43. The second kappa shape index (κ2) is 12.0. The minimum atomic E-state index is -4.07. The van der Waals surface area contributed by atoms with Gasteiger partial charge in [0.15, 0.2) is 0 Å². The Bertz CT molecular complexity index is 1890. The molecule has 4 aromatic rings. The SMILES string of the molecule is CN(C)CCCOc1ncc(-c2ccc3ncc4c(c3c2)C2(CCC2)C(=O)N4C)cc1NS(=O)(=O)c1ccc(C#N)nc1.Cl. The number of hydrogen-bond donors (Lipinski definition) is 1. The highest BCUT2D eigenvalue weighted by Gasteiger charge is 2.54. The number of likely N-dealkylation sites (N-methyl/N-ethyl adjacent to an activating group) is 1. The minimum absolute atomic E-state index is 0. The van der Waals surface area contributed by atoms with Crippen LogP contribution < -0.4 is 14.4 Å². The number of ether oxygens (including phenoxy) is 1. The molecule has 1 spiro atoms. The number of carbonyl (C=O) groups is 1. The van der Waals surface area contributed by atoms with E-state index in [-0.39, 0.29) is 40.5 Å². The highest BCUT2D eigenvalue weighted by Crippen LogP contribution is 2.55. The molecular formula is C31H32ClN7O4S. The number of pyridine rings is 3. The normalized spacial score (nSPS) is 15.1. The van der Waals surface area contributed by atoms with E-state index in [1.54, 1.807) is 30.4 Å². The first kappa shape index (κ1) is 31.1. The van der Waals surface area contributed by atoms with E-state index in [0.29, 0.717) is 12.2 Å². The molecule has 0 saturated heterocycles. The quantitative estimate of drug-likeness (QED) is 0.263. The Hall–Kier alpha value is -4.31. The Kier molecular flexibility index (Phi) is 8.49. The molecule has 0 bridgehead atoms. The van der Waals surface area contributed by atoms with Gasteiger partial charge in [-0.25, -0.2) is 18.4 Å². The molecule has 228 valence electrons. The molecule has 1 saturated carbocycles. The average molecular weight is 634 g/mol. The summed E-state index contributed by atoms with van der Waals surface area (Å²) in [4.78, 5) is 29.9. The van der Waals surface area contributed by atoms with Crippen LogP contribution in [0.3, 0.4) is 0 Å². The molecule has 1 fully saturated rings. The van der Waals surface area contributed by atoms with Crippen LogP contribution in [0.1, 0.15) is 36.9 Å². The first-order chi connectivity index (χ1) is 20.6. The van der Waals surface area contributed by atoms with Crippen LogP contribution in [-0.4, -0.2) is 68.5 Å². The fourth-order valence-electron chi connectivity index (χ4n) is 5.81. The number of nitrogens with zero attached hydrogens (tertiary/aromatic N) is 6. The summed E-state index contributed by atoms with van der Waals surface area (Å²) in [5.74, 6) is 0.261. The van der Waals surface area contributed by atoms with Crippen LogP contribution in [0.2, 0.25) is 0 Å². The fourth-order valence-corrected chi connectivity index (χ4v) is 6.80. The standard InChI is InChI=1S/C31H31N7O4S.ClH/c1-37(2)12-5-13-42-29-26(36-43(40,41)23-8-7-22(16-32)33-18-23)15-21(17-35-29)20-6-9-25-24(14-20)28-27(19-34-25)38(3)30(39)31(28)10-4-11-31;/h6-9,14-15,17-19,36H,4-5,10-13H2,1-3H3;1H. The van der Waals surface area contributed by atoms with Gasteiger partial charge in [-0.1, -0.05) is 12.5 Å². The largest absolute Gasteiger partial charge is 0.476 e. The van der Waals surface area contributed by atoms with Crippen molar-refractivity contribution in [1.29, 1.82) is 5.26 Å². The number of rotatable bonds is 9. The molecule has 0 unspecified atom stereocenters. The zero-order valence-electron chi connectivity index (χ0n) is 24.6. The number of aromatic nitrogens is 3. The monoisotopic (exact) mass is 633 g/mol. The van der Waals surface area contributed by atoms with Crippen molar-refractivity contribution in [2.24, 2.45) is 0 Å². The summed E-state index contributed by atoms with van der Waals surface area (Å²) in [5, 5.41) is 9.94. The summed E-state index contributed by atoms with van der Waals surface area (Å²) < 4.78 is 35.2. The van der Waals surface area contributed by atoms with Gasteiger partial charge in [0.2, 0.25) is 11.8 Å². The summed E-state index contributed by atoms with van der Waals surface area (Å²) in [6.07, 6.45) is 7.91. The lowest BCUT2D eigenvalue weighted by molar-refractivity contribution is -0.125. The first-order valence-electron chi connectivity index (χ1n) is 14.0. The van der Waals surface area contributed by atoms with Gasteiger partial charge in [-0.2, -0.15) is 5.26 Å². The van der Waals surface area contributed by atoms with Gasteiger partial charge < -0.3 is 14.5 Å². The van der Waals surface area contributed by atoms with Gasteiger partial charge in [0, 0.05) is 42.5 Å². The zero-order chi connectivity index (χ0) is 30.4. The Balaban J connectivity index is 0.00000384. The molecule has 6 rings (SSSR count). The molecule has 4 heterocycles. The number of hydrogen-bond acceptors (Lipinski definition) is 9. The van der Waals surface area contributed by atoms with E-state index in [1.807, 2.05) is 43.3 Å². The Morgan fingerprint density at radius 2 is 1.86 bits per heavy atom. The molecule has 0 atom stereocenters. The fraction of sp³-hybridized carbons (Fsp3) is 0.323. The number of fused-ring (bicyclic) bond motifs is 4. The van der Waals surface area contributed by atoms with Crippen LogP contribution in [0.4, 0.5) is 11.4 Å². The Morgan fingerprint density at radius 1 is 1.07 bits per heavy atom. The van der Waals surface area contributed by atoms with Crippen LogP contribution in [0, 0.1) is 11.3 Å². The number of anilines is 2. The summed E-state index contributed by atoms with van der Waals surface area (Å²) in [5.41, 5.74) is 3.87. The number of sulfonamides is 1. The predicted octanol–water partition coefficient (Wildman–Crippen LogP) is 4.51. The van der Waals surface area contributed by atoms with Crippen molar-refractivity contribution in [3.05, 3.63) is 66.2 Å². The number of nitrogens with one attached hydrogen (secondary N) is 1. The van der Waals surface area contributed by atoms with E-state index >= 15 is 0 Å². The van der Waals surface area contributed by atoms with Crippen molar-refractivity contribution in [3.8, 4) is 23.1 Å². The Morgan fingerprint density at radius 3 is 2.52 bits per heavy atom. The van der Waals surface area contributed by atoms with Crippen molar-refractivity contribution in [1.82, 2.24) is 19.9 Å². The third kappa shape index (κ3) is 5.43. The summed E-state index contributed by atoms with van der Waals surface area (Å²) in [6.45, 7) is 1.14. The highest BCUT2D eigenvalue weighted by atomic mass is 35.5. The van der Waals surface area contributed by atoms with Crippen molar-refractivity contribution in [3.63, 3.8) is 0 Å².